The third-order valence-corrected chi connectivity index (χ3v) is 3.76. The maximum absolute atomic E-state index is 11.9. The molecule has 0 aliphatic heterocycles. The molecule has 0 fully saturated rings. The molecular weight excluding hydrogens is 318 g/mol. The molecule has 134 valence electrons. The first-order valence-corrected chi connectivity index (χ1v) is 8.40. The van der Waals surface area contributed by atoms with Crippen LogP contribution in [0, 0.1) is 0 Å². The minimum absolute atomic E-state index is 0.264. The predicted molar refractivity (Wildman–Crippen MR) is 99.5 cm³/mol. The lowest BCUT2D eigenvalue weighted by molar-refractivity contribution is 0.0931. The Balaban J connectivity index is 1.95. The third-order valence-electron chi connectivity index (χ3n) is 3.76. The molecule has 25 heavy (non-hydrogen) atoms. The van der Waals surface area contributed by atoms with Gasteiger partial charge in [-0.2, -0.15) is 0 Å². The molecule has 0 aliphatic carbocycles. The van der Waals surface area contributed by atoms with Gasteiger partial charge < -0.3 is 20.3 Å². The molecule has 0 aliphatic rings. The zero-order chi connectivity index (χ0) is 18.1. The van der Waals surface area contributed by atoms with Crippen molar-refractivity contribution in [3.05, 3.63) is 42.1 Å². The molecule has 2 aromatic rings. The number of hydrogen-bond acceptors (Lipinski definition) is 6. The number of anilines is 3. The average molecular weight is 343 g/mol. The number of ether oxygens (including phenoxy) is 1. The molecule has 1 aromatic heterocycles. The Morgan fingerprint density at radius 2 is 1.80 bits per heavy atom. The van der Waals surface area contributed by atoms with Crippen molar-refractivity contribution >= 4 is 23.1 Å². The summed E-state index contributed by atoms with van der Waals surface area (Å²) in [5.74, 6) is 0.323. The van der Waals surface area contributed by atoms with Crippen LogP contribution in [-0.4, -0.2) is 49.5 Å². The van der Waals surface area contributed by atoms with Gasteiger partial charge in [-0.3, -0.25) is 4.79 Å². The van der Waals surface area contributed by atoms with Gasteiger partial charge in [0.25, 0.3) is 5.91 Å². The number of carbonyl (C=O) groups is 1. The topological polar surface area (TPSA) is 79.4 Å². The maximum atomic E-state index is 11.9. The fourth-order valence-corrected chi connectivity index (χ4v) is 2.37. The number of nitrogens with zero attached hydrogens (tertiary/aromatic N) is 3. The van der Waals surface area contributed by atoms with E-state index in [0.29, 0.717) is 19.0 Å². The number of carbonyl (C=O) groups excluding carboxylic acids is 1. The minimum Gasteiger partial charge on any atom is -0.383 e. The van der Waals surface area contributed by atoms with E-state index in [0.717, 1.165) is 18.8 Å². The Hall–Kier alpha value is -2.67. The average Bonchev–Trinajstić information content (AvgIpc) is 2.65. The molecule has 1 aromatic carbocycles. The molecular formula is C18H25N5O2. The molecule has 2 rings (SSSR count). The minimum atomic E-state index is -0.264. The number of hydrogen-bond donors (Lipinski definition) is 2. The molecule has 1 heterocycles. The highest BCUT2D eigenvalue weighted by Gasteiger charge is 2.08. The van der Waals surface area contributed by atoms with Crippen LogP contribution in [-0.2, 0) is 4.74 Å². The molecule has 0 bridgehead atoms. The smallest absolute Gasteiger partial charge is 0.271 e. The number of aromatic nitrogens is 2. The van der Waals surface area contributed by atoms with Gasteiger partial charge in [0.2, 0.25) is 0 Å². The van der Waals surface area contributed by atoms with Crippen LogP contribution < -0.4 is 15.5 Å². The summed E-state index contributed by atoms with van der Waals surface area (Å²) in [5.41, 5.74) is 2.38. The Bertz CT molecular complexity index is 654. The van der Waals surface area contributed by atoms with Gasteiger partial charge in [0.15, 0.2) is 11.5 Å². The van der Waals surface area contributed by atoms with E-state index >= 15 is 0 Å². The van der Waals surface area contributed by atoms with Crippen LogP contribution in [0.3, 0.4) is 0 Å². The Kier molecular flexibility index (Phi) is 7.16. The van der Waals surface area contributed by atoms with E-state index in [1.165, 1.54) is 5.69 Å². The third kappa shape index (κ3) is 5.42. The second kappa shape index (κ2) is 9.58. The highest BCUT2D eigenvalue weighted by Crippen LogP contribution is 2.20. The molecule has 1 amide bonds. The monoisotopic (exact) mass is 343 g/mol. The maximum Gasteiger partial charge on any atom is 0.271 e. The zero-order valence-electron chi connectivity index (χ0n) is 15.0. The van der Waals surface area contributed by atoms with E-state index in [9.17, 15) is 4.79 Å². The van der Waals surface area contributed by atoms with Gasteiger partial charge >= 0.3 is 0 Å². The summed E-state index contributed by atoms with van der Waals surface area (Å²) in [7, 11) is 1.58. The molecule has 0 unspecified atom stereocenters. The molecule has 7 heteroatoms. The largest absolute Gasteiger partial charge is 0.383 e. The van der Waals surface area contributed by atoms with Gasteiger partial charge in [-0.05, 0) is 50.2 Å². The zero-order valence-corrected chi connectivity index (χ0v) is 15.0. The summed E-state index contributed by atoms with van der Waals surface area (Å²) < 4.78 is 4.89. The van der Waals surface area contributed by atoms with Crippen LogP contribution >= 0.6 is 0 Å². The van der Waals surface area contributed by atoms with Crippen LogP contribution in [0.25, 0.3) is 0 Å². The molecule has 0 spiro atoms. The standard InChI is InChI=1S/C18H25N5O2/c1-4-23(5-2)15-8-6-14(7-9-15)20-17-11-10-16(21-22-17)18(24)19-12-13-25-3/h6-11H,4-5,12-13H2,1-3H3,(H,19,24)(H,20,22). The fourth-order valence-electron chi connectivity index (χ4n) is 2.37. The van der Waals surface area contributed by atoms with E-state index in [2.05, 4.69) is 51.7 Å². The Morgan fingerprint density at radius 1 is 1.08 bits per heavy atom. The van der Waals surface area contributed by atoms with Crippen molar-refractivity contribution in [3.63, 3.8) is 0 Å². The molecule has 0 saturated heterocycles. The van der Waals surface area contributed by atoms with Crippen molar-refractivity contribution in [2.24, 2.45) is 0 Å². The number of nitrogens with one attached hydrogen (secondary N) is 2. The van der Waals surface area contributed by atoms with Crippen molar-refractivity contribution in [1.29, 1.82) is 0 Å². The van der Waals surface area contributed by atoms with Gasteiger partial charge in [0.1, 0.15) is 0 Å². The van der Waals surface area contributed by atoms with Crippen LogP contribution in [0.15, 0.2) is 36.4 Å². The molecule has 0 saturated carbocycles. The second-order valence-corrected chi connectivity index (χ2v) is 5.40. The first-order chi connectivity index (χ1) is 12.2. The van der Waals surface area contributed by atoms with E-state index in [-0.39, 0.29) is 11.6 Å². The SMILES string of the molecule is CCN(CC)c1ccc(Nc2ccc(C(=O)NCCOC)nn2)cc1. The van der Waals surface area contributed by atoms with Crippen molar-refractivity contribution in [1.82, 2.24) is 15.5 Å². The van der Waals surface area contributed by atoms with Gasteiger partial charge in [-0.15, -0.1) is 10.2 Å². The van der Waals surface area contributed by atoms with Crippen LogP contribution in [0.5, 0.6) is 0 Å². The van der Waals surface area contributed by atoms with Crippen molar-refractivity contribution in [3.8, 4) is 0 Å². The number of amides is 1. The molecule has 7 nitrogen and oxygen atoms in total. The van der Waals surface area contributed by atoms with Crippen molar-refractivity contribution < 1.29 is 9.53 Å². The van der Waals surface area contributed by atoms with E-state index in [4.69, 9.17) is 4.74 Å². The van der Waals surface area contributed by atoms with E-state index < -0.39 is 0 Å². The normalized spacial score (nSPS) is 10.4. The summed E-state index contributed by atoms with van der Waals surface area (Å²) in [6.07, 6.45) is 0. The van der Waals surface area contributed by atoms with Gasteiger partial charge in [-0.1, -0.05) is 0 Å². The highest BCUT2D eigenvalue weighted by atomic mass is 16.5. The summed E-state index contributed by atoms with van der Waals surface area (Å²) in [6.45, 7) is 7.12. The number of benzene rings is 1. The molecule has 2 N–H and O–H groups in total. The summed E-state index contributed by atoms with van der Waals surface area (Å²) in [4.78, 5) is 14.1. The lowest BCUT2D eigenvalue weighted by Gasteiger charge is -2.21. The predicted octanol–water partition coefficient (Wildman–Crippen LogP) is 2.44. The lowest BCUT2D eigenvalue weighted by atomic mass is 10.2. The van der Waals surface area contributed by atoms with E-state index in [1.54, 1.807) is 19.2 Å². The van der Waals surface area contributed by atoms with E-state index in [1.807, 2.05) is 12.1 Å². The summed E-state index contributed by atoms with van der Waals surface area (Å²) in [5, 5.41) is 13.9. The summed E-state index contributed by atoms with van der Waals surface area (Å²) in [6, 6.07) is 11.5. The summed E-state index contributed by atoms with van der Waals surface area (Å²) >= 11 is 0. The van der Waals surface area contributed by atoms with Crippen LogP contribution in [0.4, 0.5) is 17.2 Å². The number of methoxy groups -OCH3 is 1. The van der Waals surface area contributed by atoms with Gasteiger partial charge in [-0.25, -0.2) is 0 Å². The quantitative estimate of drug-likeness (QED) is 0.681. The van der Waals surface area contributed by atoms with Crippen LogP contribution in [0.2, 0.25) is 0 Å². The number of rotatable bonds is 9. The molecule has 0 radical (unpaired) electrons. The molecule has 0 atom stereocenters. The van der Waals surface area contributed by atoms with Gasteiger partial charge in [0.05, 0.1) is 6.61 Å². The first kappa shape index (κ1) is 18.7. The lowest BCUT2D eigenvalue weighted by Crippen LogP contribution is -2.27. The highest BCUT2D eigenvalue weighted by molar-refractivity contribution is 5.92. The van der Waals surface area contributed by atoms with Crippen molar-refractivity contribution in [2.45, 2.75) is 13.8 Å². The van der Waals surface area contributed by atoms with Crippen LogP contribution in [0.1, 0.15) is 24.3 Å². The van der Waals surface area contributed by atoms with Crippen molar-refractivity contribution in [2.75, 3.05) is 43.6 Å². The Labute approximate surface area is 148 Å². The second-order valence-electron chi connectivity index (χ2n) is 5.40. The Morgan fingerprint density at radius 3 is 2.36 bits per heavy atom. The first-order valence-electron chi connectivity index (χ1n) is 8.40. The van der Waals surface area contributed by atoms with Gasteiger partial charge in [0, 0.05) is 38.1 Å². The fraction of sp³-hybridized carbons (Fsp3) is 0.389.